The molecule has 1 N–H and O–H groups in total. The first-order valence-corrected chi connectivity index (χ1v) is 9.19. The Labute approximate surface area is 163 Å². The van der Waals surface area contributed by atoms with Crippen LogP contribution < -0.4 is 10.1 Å². The maximum absolute atomic E-state index is 13.8. The van der Waals surface area contributed by atoms with Gasteiger partial charge in [-0.05, 0) is 26.0 Å². The van der Waals surface area contributed by atoms with E-state index in [-0.39, 0.29) is 24.3 Å². The van der Waals surface area contributed by atoms with Gasteiger partial charge in [-0.25, -0.2) is 17.9 Å². The molecule has 0 saturated heterocycles. The Bertz CT molecular complexity index is 858. The standard InChI is InChI=1S/C19H21F6N3O/c1-26-9-13-7-17(29-10-12-6-15(21)16(22)8-14(12)20)28(27-13)11-18(19(23,24)25)4-2-3-5-18/h6-8,26H,2-5,9-11H2,1H3. The molecule has 1 aromatic carbocycles. The average Bonchev–Trinajstić information content (AvgIpc) is 3.25. The zero-order valence-corrected chi connectivity index (χ0v) is 15.8. The highest BCUT2D eigenvalue weighted by Gasteiger charge is 2.56. The summed E-state index contributed by atoms with van der Waals surface area (Å²) < 4.78 is 88.1. The predicted molar refractivity (Wildman–Crippen MR) is 92.6 cm³/mol. The molecule has 3 rings (SSSR count). The third kappa shape index (κ3) is 4.52. The van der Waals surface area contributed by atoms with Crippen molar-refractivity contribution in [1.82, 2.24) is 15.1 Å². The van der Waals surface area contributed by atoms with E-state index in [1.807, 2.05) is 0 Å². The van der Waals surface area contributed by atoms with Gasteiger partial charge in [0.1, 0.15) is 12.4 Å². The molecule has 160 valence electrons. The molecule has 10 heteroatoms. The number of rotatable bonds is 7. The number of hydrogen-bond acceptors (Lipinski definition) is 3. The first kappa shape index (κ1) is 21.5. The summed E-state index contributed by atoms with van der Waals surface area (Å²) in [5.41, 5.74) is -1.71. The maximum atomic E-state index is 13.8. The topological polar surface area (TPSA) is 39.1 Å². The molecule has 1 aromatic heterocycles. The molecule has 0 amide bonds. The van der Waals surface area contributed by atoms with Gasteiger partial charge in [-0.15, -0.1) is 0 Å². The number of nitrogens with zero attached hydrogens (tertiary/aromatic N) is 2. The number of benzene rings is 1. The summed E-state index contributed by atoms with van der Waals surface area (Å²) in [6, 6.07) is 2.51. The molecule has 0 atom stereocenters. The predicted octanol–water partition coefficient (Wildman–Crippen LogP) is 4.72. The molecule has 1 fully saturated rings. The van der Waals surface area contributed by atoms with Gasteiger partial charge < -0.3 is 10.1 Å². The summed E-state index contributed by atoms with van der Waals surface area (Å²) in [5.74, 6) is -3.57. The largest absolute Gasteiger partial charge is 0.473 e. The number of halogens is 6. The van der Waals surface area contributed by atoms with Crippen LogP contribution in [0.5, 0.6) is 5.88 Å². The van der Waals surface area contributed by atoms with E-state index in [4.69, 9.17) is 4.74 Å². The van der Waals surface area contributed by atoms with Crippen molar-refractivity contribution >= 4 is 0 Å². The lowest BCUT2D eigenvalue weighted by Gasteiger charge is -2.31. The first-order valence-electron chi connectivity index (χ1n) is 9.19. The van der Waals surface area contributed by atoms with Crippen LogP contribution in [-0.4, -0.2) is 23.0 Å². The molecule has 4 nitrogen and oxygen atoms in total. The average molecular weight is 421 g/mol. The summed E-state index contributed by atoms with van der Waals surface area (Å²) in [7, 11) is 1.66. The molecule has 0 radical (unpaired) electrons. The lowest BCUT2D eigenvalue weighted by Crippen LogP contribution is -2.39. The van der Waals surface area contributed by atoms with Gasteiger partial charge in [0, 0.05) is 24.2 Å². The van der Waals surface area contributed by atoms with Crippen molar-refractivity contribution in [2.24, 2.45) is 5.41 Å². The number of nitrogens with one attached hydrogen (secondary N) is 1. The van der Waals surface area contributed by atoms with Crippen LogP contribution in [0.1, 0.15) is 36.9 Å². The number of alkyl halides is 3. The second-order valence-electron chi connectivity index (χ2n) is 7.29. The second-order valence-corrected chi connectivity index (χ2v) is 7.29. The highest BCUT2D eigenvalue weighted by molar-refractivity contribution is 5.22. The van der Waals surface area contributed by atoms with Crippen molar-refractivity contribution in [3.8, 4) is 5.88 Å². The van der Waals surface area contributed by atoms with Crippen molar-refractivity contribution < 1.29 is 31.1 Å². The smallest absolute Gasteiger partial charge is 0.396 e. The minimum atomic E-state index is -4.40. The molecule has 0 aliphatic heterocycles. The van der Waals surface area contributed by atoms with E-state index < -0.39 is 42.2 Å². The Morgan fingerprint density at radius 3 is 2.34 bits per heavy atom. The quantitative estimate of drug-likeness (QED) is 0.519. The van der Waals surface area contributed by atoms with E-state index in [0.717, 1.165) is 4.68 Å². The summed E-state index contributed by atoms with van der Waals surface area (Å²) >= 11 is 0. The van der Waals surface area contributed by atoms with E-state index in [0.29, 0.717) is 37.2 Å². The van der Waals surface area contributed by atoms with Gasteiger partial charge in [-0.2, -0.15) is 18.3 Å². The maximum Gasteiger partial charge on any atom is 0.396 e. The molecule has 1 heterocycles. The molecular weight excluding hydrogens is 400 g/mol. The normalized spacial score (nSPS) is 16.4. The fourth-order valence-corrected chi connectivity index (χ4v) is 3.64. The Balaban J connectivity index is 1.86. The van der Waals surface area contributed by atoms with Crippen LogP contribution in [0.4, 0.5) is 26.3 Å². The lowest BCUT2D eigenvalue weighted by molar-refractivity contribution is -0.228. The van der Waals surface area contributed by atoms with Crippen LogP contribution in [0.3, 0.4) is 0 Å². The van der Waals surface area contributed by atoms with Crippen LogP contribution in [0, 0.1) is 22.9 Å². The lowest BCUT2D eigenvalue weighted by atomic mass is 9.85. The van der Waals surface area contributed by atoms with Crippen molar-refractivity contribution in [3.05, 3.63) is 46.9 Å². The zero-order valence-electron chi connectivity index (χ0n) is 15.8. The minimum absolute atomic E-state index is 0.00500. The highest BCUT2D eigenvalue weighted by atomic mass is 19.4. The molecule has 0 unspecified atom stereocenters. The van der Waals surface area contributed by atoms with E-state index >= 15 is 0 Å². The fourth-order valence-electron chi connectivity index (χ4n) is 3.64. The monoisotopic (exact) mass is 421 g/mol. The van der Waals surface area contributed by atoms with Gasteiger partial charge in [0.05, 0.1) is 17.7 Å². The van der Waals surface area contributed by atoms with Crippen molar-refractivity contribution in [2.75, 3.05) is 7.05 Å². The van der Waals surface area contributed by atoms with E-state index in [9.17, 15) is 26.3 Å². The Morgan fingerprint density at radius 1 is 1.07 bits per heavy atom. The highest BCUT2D eigenvalue weighted by Crippen LogP contribution is 2.51. The third-order valence-corrected chi connectivity index (χ3v) is 5.23. The molecule has 1 aliphatic rings. The SMILES string of the molecule is CNCc1cc(OCc2cc(F)c(F)cc2F)n(CC2(C(F)(F)F)CCCC2)n1. The fraction of sp³-hybridized carbons (Fsp3) is 0.526. The zero-order chi connectivity index (χ0) is 21.2. The van der Waals surface area contributed by atoms with E-state index in [1.54, 1.807) is 7.05 Å². The minimum Gasteiger partial charge on any atom is -0.473 e. The molecule has 2 aromatic rings. The summed E-state index contributed by atoms with van der Waals surface area (Å²) in [5, 5.41) is 7.04. The van der Waals surface area contributed by atoms with E-state index in [2.05, 4.69) is 10.4 Å². The summed E-state index contributed by atoms with van der Waals surface area (Å²) in [6.07, 6.45) is -3.47. The number of hydrogen-bond donors (Lipinski definition) is 1. The van der Waals surface area contributed by atoms with Crippen LogP contribution in [-0.2, 0) is 19.7 Å². The summed E-state index contributed by atoms with van der Waals surface area (Å²) in [6.45, 7) is -0.607. The Morgan fingerprint density at radius 2 is 1.72 bits per heavy atom. The summed E-state index contributed by atoms with van der Waals surface area (Å²) in [4.78, 5) is 0. The van der Waals surface area contributed by atoms with Crippen LogP contribution in [0.25, 0.3) is 0 Å². The molecular formula is C19H21F6N3O. The van der Waals surface area contributed by atoms with Crippen molar-refractivity contribution in [2.45, 2.75) is 51.6 Å². The molecule has 29 heavy (non-hydrogen) atoms. The Hall–Kier alpha value is -2.23. The van der Waals surface area contributed by atoms with Crippen molar-refractivity contribution in [1.29, 1.82) is 0 Å². The van der Waals surface area contributed by atoms with Crippen LogP contribution in [0.2, 0.25) is 0 Å². The van der Waals surface area contributed by atoms with Crippen molar-refractivity contribution in [3.63, 3.8) is 0 Å². The molecule has 0 bridgehead atoms. The molecule has 1 aliphatic carbocycles. The number of ether oxygens (including phenoxy) is 1. The van der Waals surface area contributed by atoms with Gasteiger partial charge in [0.2, 0.25) is 5.88 Å². The van der Waals surface area contributed by atoms with Gasteiger partial charge in [-0.3, -0.25) is 0 Å². The van der Waals surface area contributed by atoms with Gasteiger partial charge in [0.25, 0.3) is 0 Å². The second kappa shape index (κ2) is 8.25. The van der Waals surface area contributed by atoms with Crippen LogP contribution >= 0.6 is 0 Å². The first-order chi connectivity index (χ1) is 13.6. The van der Waals surface area contributed by atoms with Crippen LogP contribution in [0.15, 0.2) is 18.2 Å². The van der Waals surface area contributed by atoms with E-state index in [1.165, 1.54) is 6.07 Å². The van der Waals surface area contributed by atoms with Gasteiger partial charge in [0.15, 0.2) is 11.6 Å². The van der Waals surface area contributed by atoms with Gasteiger partial charge >= 0.3 is 6.18 Å². The molecule has 0 spiro atoms. The number of aromatic nitrogens is 2. The molecule has 1 saturated carbocycles. The third-order valence-electron chi connectivity index (χ3n) is 5.23. The Kier molecular flexibility index (Phi) is 6.11. The van der Waals surface area contributed by atoms with Gasteiger partial charge in [-0.1, -0.05) is 12.8 Å².